The number of ether oxygens (including phenoxy) is 2. The van der Waals surface area contributed by atoms with Crippen LogP contribution in [0.15, 0.2) is 24.3 Å². The second kappa shape index (κ2) is 10.8. The predicted molar refractivity (Wildman–Crippen MR) is 132 cm³/mol. The van der Waals surface area contributed by atoms with Gasteiger partial charge in [0.1, 0.15) is 10.6 Å². The molecule has 0 spiro atoms. The van der Waals surface area contributed by atoms with Gasteiger partial charge in [0.15, 0.2) is 5.78 Å². The molecule has 0 bridgehead atoms. The monoisotopic (exact) mass is 480 g/mol. The fraction of sp³-hybridized carbons (Fsp3) is 0.500. The third kappa shape index (κ3) is 6.67. The Hall–Kier alpha value is -1.63. The number of halogens is 1. The molecule has 0 saturated heterocycles. The number of carbonyl (C=O) groups excluding carboxylic acids is 2. The van der Waals surface area contributed by atoms with Crippen molar-refractivity contribution >= 4 is 42.8 Å². The van der Waals surface area contributed by atoms with E-state index in [1.807, 2.05) is 32.0 Å². The molecule has 7 heteroatoms. The van der Waals surface area contributed by atoms with Gasteiger partial charge in [-0.05, 0) is 35.7 Å². The first-order chi connectivity index (χ1) is 14.5. The van der Waals surface area contributed by atoms with Gasteiger partial charge in [-0.3, -0.25) is 9.59 Å². The molecule has 1 aromatic heterocycles. The number of thiophene rings is 1. The largest absolute Gasteiger partial charge is 0.495 e. The number of methoxy groups -OCH3 is 1. The fourth-order valence-electron chi connectivity index (χ4n) is 3.40. The third-order valence-electron chi connectivity index (χ3n) is 5.41. The Kier molecular flexibility index (Phi) is 8.92. The van der Waals surface area contributed by atoms with E-state index in [0.717, 1.165) is 27.6 Å². The van der Waals surface area contributed by atoms with Gasteiger partial charge in [0, 0.05) is 31.7 Å². The molecule has 0 aliphatic rings. The lowest BCUT2D eigenvalue weighted by atomic mass is 9.84. The van der Waals surface area contributed by atoms with Crippen molar-refractivity contribution in [3.05, 3.63) is 50.7 Å². The average molecular weight is 481 g/mol. The Labute approximate surface area is 195 Å². The summed E-state index contributed by atoms with van der Waals surface area (Å²) in [7, 11) is 0.256. The summed E-state index contributed by atoms with van der Waals surface area (Å²) in [6.45, 7) is 12.7. The summed E-state index contributed by atoms with van der Waals surface area (Å²) in [5.74, 6) is -0.0184. The van der Waals surface area contributed by atoms with Gasteiger partial charge in [0.2, 0.25) is 0 Å². The normalized spacial score (nSPS) is 13.5. The minimum atomic E-state index is -1.30. The maximum absolute atomic E-state index is 13.0. The summed E-state index contributed by atoms with van der Waals surface area (Å²) >= 11 is 7.53. The number of esters is 1. The van der Waals surface area contributed by atoms with Crippen LogP contribution in [0, 0.1) is 12.8 Å². The van der Waals surface area contributed by atoms with Gasteiger partial charge in [-0.1, -0.05) is 44.8 Å². The zero-order valence-corrected chi connectivity index (χ0v) is 22.1. The molecule has 31 heavy (non-hydrogen) atoms. The number of benzene rings is 1. The van der Waals surface area contributed by atoms with Gasteiger partial charge in [0.05, 0.1) is 19.6 Å². The molecule has 0 radical (unpaired) electrons. The number of alkyl halides is 1. The molecule has 0 N–H and O–H groups in total. The van der Waals surface area contributed by atoms with Gasteiger partial charge in [-0.25, -0.2) is 0 Å². The number of aryl methyl sites for hydroxylation is 1. The molecule has 2 aromatic rings. The molecule has 0 amide bonds. The van der Waals surface area contributed by atoms with Crippen LogP contribution in [0.25, 0.3) is 0 Å². The van der Waals surface area contributed by atoms with E-state index in [4.69, 9.17) is 21.1 Å². The van der Waals surface area contributed by atoms with Crippen molar-refractivity contribution in [1.29, 1.82) is 0 Å². The standard InChI is InChI=1S/C24H33ClO4SSi/c1-15-8-9-18(12-19(15)14-25)22(16(2)24(27)29-10-11-31(5,6)7)21-13-20(28-4)23(30-21)17(3)26/h8-9,12-13,16,22H,10-11,14H2,1-7H3. The van der Waals surface area contributed by atoms with E-state index in [1.54, 1.807) is 7.11 Å². The Bertz CT molecular complexity index is 932. The molecule has 4 nitrogen and oxygen atoms in total. The summed E-state index contributed by atoms with van der Waals surface area (Å²) in [6.07, 6.45) is 0. The second-order valence-electron chi connectivity index (χ2n) is 9.17. The lowest BCUT2D eigenvalue weighted by molar-refractivity contribution is -0.147. The molecular formula is C24H33ClO4SSi. The number of hydrogen-bond donors (Lipinski definition) is 0. The maximum Gasteiger partial charge on any atom is 0.309 e. The molecule has 0 saturated carbocycles. The Morgan fingerprint density at radius 2 is 1.87 bits per heavy atom. The SMILES string of the molecule is COc1cc(C(c2ccc(C)c(CCl)c2)C(C)C(=O)OCC[Si](C)(C)C)sc1C(C)=O. The van der Waals surface area contributed by atoms with E-state index in [1.165, 1.54) is 18.3 Å². The maximum atomic E-state index is 13.0. The minimum absolute atomic E-state index is 0.0532. The molecule has 2 unspecified atom stereocenters. The van der Waals surface area contributed by atoms with E-state index in [9.17, 15) is 9.59 Å². The highest BCUT2D eigenvalue weighted by Crippen LogP contribution is 2.41. The van der Waals surface area contributed by atoms with E-state index in [2.05, 4.69) is 25.7 Å². The topological polar surface area (TPSA) is 52.6 Å². The highest BCUT2D eigenvalue weighted by atomic mass is 35.5. The van der Waals surface area contributed by atoms with Crippen LogP contribution in [-0.4, -0.2) is 33.5 Å². The molecule has 0 fully saturated rings. The van der Waals surface area contributed by atoms with Gasteiger partial charge in [-0.2, -0.15) is 0 Å². The molecule has 2 atom stereocenters. The van der Waals surface area contributed by atoms with Crippen LogP contribution in [0.5, 0.6) is 5.75 Å². The molecule has 2 rings (SSSR count). The Morgan fingerprint density at radius 3 is 2.39 bits per heavy atom. The smallest absolute Gasteiger partial charge is 0.309 e. The Morgan fingerprint density at radius 1 is 1.19 bits per heavy atom. The highest BCUT2D eigenvalue weighted by molar-refractivity contribution is 7.14. The van der Waals surface area contributed by atoms with E-state index in [0.29, 0.717) is 23.1 Å². The Balaban J connectivity index is 2.46. The van der Waals surface area contributed by atoms with Gasteiger partial charge in [-0.15, -0.1) is 22.9 Å². The minimum Gasteiger partial charge on any atom is -0.495 e. The summed E-state index contributed by atoms with van der Waals surface area (Å²) in [4.78, 5) is 26.6. The van der Waals surface area contributed by atoms with Crippen LogP contribution < -0.4 is 4.74 Å². The van der Waals surface area contributed by atoms with Crippen LogP contribution in [0.2, 0.25) is 25.7 Å². The lowest BCUT2D eigenvalue weighted by Gasteiger charge is -2.24. The van der Waals surface area contributed by atoms with Crippen molar-refractivity contribution in [2.45, 2.75) is 58.3 Å². The van der Waals surface area contributed by atoms with Crippen molar-refractivity contribution in [2.24, 2.45) is 5.92 Å². The van der Waals surface area contributed by atoms with E-state index in [-0.39, 0.29) is 17.7 Å². The van der Waals surface area contributed by atoms with E-state index >= 15 is 0 Å². The number of carbonyl (C=O) groups is 2. The van der Waals surface area contributed by atoms with Gasteiger partial charge in [0.25, 0.3) is 0 Å². The fourth-order valence-corrected chi connectivity index (χ4v) is 5.65. The van der Waals surface area contributed by atoms with Crippen LogP contribution in [0.1, 0.15) is 51.0 Å². The van der Waals surface area contributed by atoms with Crippen LogP contribution >= 0.6 is 22.9 Å². The van der Waals surface area contributed by atoms with Crippen molar-refractivity contribution in [1.82, 2.24) is 0 Å². The number of rotatable bonds is 10. The van der Waals surface area contributed by atoms with Crippen molar-refractivity contribution in [2.75, 3.05) is 13.7 Å². The highest BCUT2D eigenvalue weighted by Gasteiger charge is 2.32. The number of hydrogen-bond acceptors (Lipinski definition) is 5. The summed E-state index contributed by atoms with van der Waals surface area (Å²) in [5.41, 5.74) is 3.12. The zero-order valence-electron chi connectivity index (χ0n) is 19.5. The lowest BCUT2D eigenvalue weighted by Crippen LogP contribution is -2.26. The van der Waals surface area contributed by atoms with Crippen LogP contribution in [0.3, 0.4) is 0 Å². The van der Waals surface area contributed by atoms with Gasteiger partial charge < -0.3 is 9.47 Å². The first-order valence-corrected chi connectivity index (χ1v) is 15.5. The zero-order chi connectivity index (χ0) is 23.3. The quantitative estimate of drug-likeness (QED) is 0.165. The third-order valence-corrected chi connectivity index (χ3v) is 8.70. The predicted octanol–water partition coefficient (Wildman–Crippen LogP) is 6.66. The van der Waals surface area contributed by atoms with Gasteiger partial charge >= 0.3 is 5.97 Å². The molecule has 1 aromatic carbocycles. The van der Waals surface area contributed by atoms with Crippen molar-refractivity contribution in [3.63, 3.8) is 0 Å². The van der Waals surface area contributed by atoms with Crippen molar-refractivity contribution < 1.29 is 19.1 Å². The first-order valence-electron chi connectivity index (χ1n) is 10.5. The van der Waals surface area contributed by atoms with Crippen molar-refractivity contribution in [3.8, 4) is 5.75 Å². The number of Topliss-reactive ketones (excluding diaryl/α,β-unsaturated/α-hetero) is 1. The molecule has 1 heterocycles. The summed E-state index contributed by atoms with van der Waals surface area (Å²) < 4.78 is 11.1. The summed E-state index contributed by atoms with van der Waals surface area (Å²) in [6, 6.07) is 8.91. The van der Waals surface area contributed by atoms with Crippen LogP contribution in [-0.2, 0) is 15.4 Å². The molecular weight excluding hydrogens is 448 g/mol. The average Bonchev–Trinajstić information content (AvgIpc) is 3.12. The second-order valence-corrected chi connectivity index (χ2v) is 16.1. The molecule has 170 valence electrons. The molecule has 0 aliphatic heterocycles. The van der Waals surface area contributed by atoms with Crippen LogP contribution in [0.4, 0.5) is 0 Å². The first kappa shape index (κ1) is 25.6. The molecule has 0 aliphatic carbocycles. The number of ketones is 1. The summed E-state index contributed by atoms with van der Waals surface area (Å²) in [5, 5.41) is 0. The van der Waals surface area contributed by atoms with E-state index < -0.39 is 14.0 Å².